The molecule has 3 rings (SSSR count). The van der Waals surface area contributed by atoms with E-state index < -0.39 is 16.9 Å². The fraction of sp³-hybridized carbons (Fsp3) is 0.176. The quantitative estimate of drug-likeness (QED) is 0.575. The molecule has 24 heavy (non-hydrogen) atoms. The van der Waals surface area contributed by atoms with Crippen LogP contribution in [0, 0.1) is 10.1 Å². The molecule has 0 radical (unpaired) electrons. The lowest BCUT2D eigenvalue weighted by Gasteiger charge is -2.17. The molecule has 0 aliphatic rings. The van der Waals surface area contributed by atoms with Crippen molar-refractivity contribution in [3.8, 4) is 11.4 Å². The lowest BCUT2D eigenvalue weighted by atomic mass is 10.1. The van der Waals surface area contributed by atoms with Gasteiger partial charge in [-0.1, -0.05) is 19.1 Å². The van der Waals surface area contributed by atoms with Crippen LogP contribution in [0.25, 0.3) is 22.4 Å². The van der Waals surface area contributed by atoms with Crippen LogP contribution >= 0.6 is 0 Å². The molecule has 7 nitrogen and oxygen atoms in total. The number of carbonyl (C=O) groups is 1. The van der Waals surface area contributed by atoms with Crippen LogP contribution in [0.2, 0.25) is 0 Å². The number of nitrogens with zero attached hydrogens (tertiary/aromatic N) is 3. The molecular formula is C17H16N4O3. The number of benzene rings is 2. The van der Waals surface area contributed by atoms with E-state index in [4.69, 9.17) is 5.73 Å². The first-order valence-electron chi connectivity index (χ1n) is 7.54. The molecule has 0 aliphatic carbocycles. The number of hydrogen-bond acceptors (Lipinski definition) is 4. The normalized spacial score (nSPS) is 12.2. The first kappa shape index (κ1) is 15.7. The Morgan fingerprint density at radius 3 is 2.50 bits per heavy atom. The van der Waals surface area contributed by atoms with Crippen molar-refractivity contribution < 1.29 is 9.72 Å². The molecule has 122 valence electrons. The van der Waals surface area contributed by atoms with Crippen LogP contribution in [-0.2, 0) is 4.79 Å². The molecule has 1 amide bonds. The van der Waals surface area contributed by atoms with Gasteiger partial charge in [0.2, 0.25) is 5.91 Å². The molecule has 1 unspecified atom stereocenters. The van der Waals surface area contributed by atoms with Crippen molar-refractivity contribution >= 4 is 22.6 Å². The van der Waals surface area contributed by atoms with Gasteiger partial charge in [-0.25, -0.2) is 4.98 Å². The number of para-hydroxylation sites is 2. The molecule has 0 saturated heterocycles. The average molecular weight is 324 g/mol. The molecule has 7 heteroatoms. The maximum absolute atomic E-state index is 11.9. The van der Waals surface area contributed by atoms with Gasteiger partial charge in [0.25, 0.3) is 5.69 Å². The number of aromatic nitrogens is 2. The van der Waals surface area contributed by atoms with Crippen molar-refractivity contribution in [3.05, 3.63) is 58.6 Å². The number of hydrogen-bond donors (Lipinski definition) is 1. The predicted molar refractivity (Wildman–Crippen MR) is 90.3 cm³/mol. The smallest absolute Gasteiger partial charge is 0.269 e. The van der Waals surface area contributed by atoms with Crippen molar-refractivity contribution in [2.45, 2.75) is 19.4 Å². The summed E-state index contributed by atoms with van der Waals surface area (Å²) in [5, 5.41) is 10.8. The fourth-order valence-corrected chi connectivity index (χ4v) is 2.81. The Morgan fingerprint density at radius 1 is 1.25 bits per heavy atom. The van der Waals surface area contributed by atoms with Crippen molar-refractivity contribution in [2.24, 2.45) is 5.73 Å². The van der Waals surface area contributed by atoms with Crippen LogP contribution < -0.4 is 5.73 Å². The van der Waals surface area contributed by atoms with E-state index in [0.29, 0.717) is 17.8 Å². The summed E-state index contributed by atoms with van der Waals surface area (Å²) in [6, 6.07) is 13.0. The zero-order valence-electron chi connectivity index (χ0n) is 13.0. The van der Waals surface area contributed by atoms with E-state index in [1.807, 2.05) is 31.2 Å². The third-order valence-corrected chi connectivity index (χ3v) is 3.96. The number of nitro benzene ring substituents is 1. The molecular weight excluding hydrogens is 308 g/mol. The minimum Gasteiger partial charge on any atom is -0.368 e. The largest absolute Gasteiger partial charge is 0.368 e. The first-order chi connectivity index (χ1) is 11.5. The van der Waals surface area contributed by atoms with Gasteiger partial charge in [-0.05, 0) is 30.7 Å². The van der Waals surface area contributed by atoms with E-state index >= 15 is 0 Å². The molecule has 0 aliphatic heterocycles. The number of nitrogens with two attached hydrogens (primary N) is 1. The maximum atomic E-state index is 11.9. The summed E-state index contributed by atoms with van der Waals surface area (Å²) in [6.45, 7) is 1.88. The van der Waals surface area contributed by atoms with Crippen LogP contribution in [0.15, 0.2) is 48.5 Å². The fourth-order valence-electron chi connectivity index (χ4n) is 2.81. The van der Waals surface area contributed by atoms with E-state index in [9.17, 15) is 14.9 Å². The van der Waals surface area contributed by atoms with E-state index in [1.54, 1.807) is 16.7 Å². The zero-order chi connectivity index (χ0) is 17.3. The van der Waals surface area contributed by atoms with Gasteiger partial charge in [0.05, 0.1) is 16.0 Å². The van der Waals surface area contributed by atoms with Gasteiger partial charge in [0.1, 0.15) is 11.9 Å². The number of carbonyl (C=O) groups excluding carboxylic acids is 1. The summed E-state index contributed by atoms with van der Waals surface area (Å²) in [5.41, 5.74) is 7.80. The summed E-state index contributed by atoms with van der Waals surface area (Å²) in [6.07, 6.45) is 0.523. The van der Waals surface area contributed by atoms with Crippen LogP contribution in [0.5, 0.6) is 0 Å². The van der Waals surface area contributed by atoms with Crippen molar-refractivity contribution in [2.75, 3.05) is 0 Å². The van der Waals surface area contributed by atoms with Gasteiger partial charge in [-0.15, -0.1) is 0 Å². The number of non-ortho nitro benzene ring substituents is 1. The number of primary amides is 1. The number of imidazole rings is 1. The molecule has 1 atom stereocenters. The van der Waals surface area contributed by atoms with Crippen molar-refractivity contribution in [1.29, 1.82) is 0 Å². The summed E-state index contributed by atoms with van der Waals surface area (Å²) < 4.78 is 1.80. The Hall–Kier alpha value is -3.22. The summed E-state index contributed by atoms with van der Waals surface area (Å²) in [7, 11) is 0. The molecule has 2 aromatic carbocycles. The highest BCUT2D eigenvalue weighted by Crippen LogP contribution is 2.30. The topological polar surface area (TPSA) is 104 Å². The maximum Gasteiger partial charge on any atom is 0.269 e. The van der Waals surface area contributed by atoms with Gasteiger partial charge < -0.3 is 10.3 Å². The lowest BCUT2D eigenvalue weighted by Crippen LogP contribution is -2.26. The van der Waals surface area contributed by atoms with Crippen molar-refractivity contribution in [3.63, 3.8) is 0 Å². The van der Waals surface area contributed by atoms with Gasteiger partial charge in [0.15, 0.2) is 0 Å². The molecule has 0 fully saturated rings. The van der Waals surface area contributed by atoms with E-state index in [2.05, 4.69) is 4.98 Å². The molecule has 2 N–H and O–H groups in total. The van der Waals surface area contributed by atoms with Crippen LogP contribution in [-0.4, -0.2) is 20.4 Å². The minimum atomic E-state index is -0.539. The second-order valence-corrected chi connectivity index (χ2v) is 5.42. The summed E-state index contributed by atoms with van der Waals surface area (Å²) >= 11 is 0. The lowest BCUT2D eigenvalue weighted by molar-refractivity contribution is -0.384. The monoisotopic (exact) mass is 324 g/mol. The SMILES string of the molecule is CCC(C(N)=O)n1c(-c2ccc([N+](=O)[O-])cc2)nc2ccccc21. The molecule has 1 aromatic heterocycles. The predicted octanol–water partition coefficient (Wildman–Crippen LogP) is 3.05. The number of fused-ring (bicyclic) bond motifs is 1. The standard InChI is InChI=1S/C17H16N4O3/c1-2-14(16(18)22)20-15-6-4-3-5-13(15)19-17(20)11-7-9-12(10-8-11)21(23)24/h3-10,14H,2H2,1H3,(H2,18,22). The highest BCUT2D eigenvalue weighted by molar-refractivity contribution is 5.86. The Balaban J connectivity index is 2.23. The van der Waals surface area contributed by atoms with Gasteiger partial charge >= 0.3 is 0 Å². The Kier molecular flexibility index (Phi) is 3.99. The van der Waals surface area contributed by atoms with Gasteiger partial charge in [0, 0.05) is 17.7 Å². The molecule has 0 spiro atoms. The van der Waals surface area contributed by atoms with Crippen LogP contribution in [0.4, 0.5) is 5.69 Å². The Bertz CT molecular complexity index is 915. The summed E-state index contributed by atoms with van der Waals surface area (Å²) in [5.74, 6) is 0.126. The molecule has 1 heterocycles. The third kappa shape index (κ3) is 2.60. The van der Waals surface area contributed by atoms with Gasteiger partial charge in [-0.2, -0.15) is 0 Å². The van der Waals surface area contributed by atoms with E-state index in [0.717, 1.165) is 11.0 Å². The molecule has 0 bridgehead atoms. The van der Waals surface area contributed by atoms with Crippen molar-refractivity contribution in [1.82, 2.24) is 9.55 Å². The zero-order valence-corrected chi connectivity index (χ0v) is 13.0. The molecule has 3 aromatic rings. The van der Waals surface area contributed by atoms with Gasteiger partial charge in [-0.3, -0.25) is 14.9 Å². The highest BCUT2D eigenvalue weighted by Gasteiger charge is 2.23. The Morgan fingerprint density at radius 2 is 1.92 bits per heavy atom. The second kappa shape index (κ2) is 6.11. The average Bonchev–Trinajstić information content (AvgIpc) is 2.95. The highest BCUT2D eigenvalue weighted by atomic mass is 16.6. The summed E-state index contributed by atoms with van der Waals surface area (Å²) in [4.78, 5) is 26.8. The van der Waals surface area contributed by atoms with Crippen LogP contribution in [0.1, 0.15) is 19.4 Å². The molecule has 0 saturated carbocycles. The minimum absolute atomic E-state index is 0.00311. The first-order valence-corrected chi connectivity index (χ1v) is 7.54. The van der Waals surface area contributed by atoms with Crippen LogP contribution in [0.3, 0.4) is 0 Å². The number of rotatable bonds is 5. The van der Waals surface area contributed by atoms with E-state index in [-0.39, 0.29) is 5.69 Å². The second-order valence-electron chi connectivity index (χ2n) is 5.42. The number of nitro groups is 1. The Labute approximate surface area is 137 Å². The number of amides is 1. The third-order valence-electron chi connectivity index (χ3n) is 3.96. The van der Waals surface area contributed by atoms with E-state index in [1.165, 1.54) is 12.1 Å².